The van der Waals surface area contributed by atoms with E-state index in [2.05, 4.69) is 25.5 Å². The fraction of sp³-hybridized carbons (Fsp3) is 0.547. The molecule has 7 heterocycles. The maximum atomic E-state index is 16.7. The molecule has 0 saturated carbocycles. The van der Waals surface area contributed by atoms with Gasteiger partial charge < -0.3 is 59.1 Å². The van der Waals surface area contributed by atoms with Gasteiger partial charge in [-0.1, -0.05) is 39.8 Å². The molecule has 5 fully saturated rings. The number of halogens is 2. The third kappa shape index (κ3) is 9.63. The number of carbonyl (C=O) groups is 4. The van der Waals surface area contributed by atoms with Gasteiger partial charge in [0.2, 0.25) is 11.8 Å². The zero-order valence-corrected chi connectivity index (χ0v) is 42.3. The van der Waals surface area contributed by atoms with E-state index in [9.17, 15) is 19.2 Å². The van der Waals surface area contributed by atoms with Crippen molar-refractivity contribution in [2.24, 2.45) is 11.8 Å². The van der Waals surface area contributed by atoms with Gasteiger partial charge in [0.25, 0.3) is 0 Å². The second-order valence-electron chi connectivity index (χ2n) is 20.8. The van der Waals surface area contributed by atoms with Crippen LogP contribution >= 0.6 is 0 Å². The average Bonchev–Trinajstić information content (AvgIpc) is 4.25. The monoisotopic (exact) mass is 1010 g/mol. The minimum atomic E-state index is -0.771. The van der Waals surface area contributed by atoms with Crippen molar-refractivity contribution in [1.82, 2.24) is 40.4 Å². The molecule has 0 radical (unpaired) electrons. The van der Waals surface area contributed by atoms with Crippen LogP contribution in [0.2, 0.25) is 0 Å². The Labute approximate surface area is 422 Å². The minimum Gasteiger partial charge on any atom is -0.453 e. The Kier molecular flexibility index (Phi) is 14.0. The molecule has 4 N–H and O–H groups in total. The highest BCUT2D eigenvalue weighted by molar-refractivity contribution is 5.88. The van der Waals surface area contributed by atoms with E-state index < -0.39 is 41.7 Å². The van der Waals surface area contributed by atoms with Crippen LogP contribution in [0.25, 0.3) is 22.1 Å². The summed E-state index contributed by atoms with van der Waals surface area (Å²) in [6.45, 7) is 10.3. The first-order valence-electron chi connectivity index (χ1n) is 25.7. The second-order valence-corrected chi connectivity index (χ2v) is 20.8. The normalized spacial score (nSPS) is 22.8. The highest BCUT2D eigenvalue weighted by Gasteiger charge is 2.43. The summed E-state index contributed by atoms with van der Waals surface area (Å²) in [7, 11) is 2.54. The van der Waals surface area contributed by atoms with E-state index in [4.69, 9.17) is 28.9 Å². The van der Waals surface area contributed by atoms with Crippen molar-refractivity contribution in [3.05, 3.63) is 82.9 Å². The zero-order valence-electron chi connectivity index (χ0n) is 42.3. The number of rotatable bonds is 12. The molecular weight excluding hydrogens is 943 g/mol. The highest BCUT2D eigenvalue weighted by Crippen LogP contribution is 2.49. The van der Waals surface area contributed by atoms with Gasteiger partial charge in [0, 0.05) is 44.7 Å². The van der Waals surface area contributed by atoms with Crippen LogP contribution < -0.4 is 20.4 Å². The lowest BCUT2D eigenvalue weighted by Crippen LogP contribution is -2.51. The molecule has 10 rings (SSSR count). The van der Waals surface area contributed by atoms with Gasteiger partial charge in [0.05, 0.1) is 73.7 Å². The van der Waals surface area contributed by atoms with Crippen LogP contribution in [0.4, 0.5) is 29.7 Å². The molecular formula is C53H66F2N10O8. The van der Waals surface area contributed by atoms with Crippen LogP contribution in [0.5, 0.6) is 0 Å². The van der Waals surface area contributed by atoms with Crippen molar-refractivity contribution in [2.75, 3.05) is 63.4 Å². The summed E-state index contributed by atoms with van der Waals surface area (Å²) in [4.78, 5) is 76.8. The summed E-state index contributed by atoms with van der Waals surface area (Å²) < 4.78 is 54.9. The number of nitrogens with one attached hydrogen (secondary N) is 4. The van der Waals surface area contributed by atoms with Crippen molar-refractivity contribution >= 4 is 57.4 Å². The zero-order chi connectivity index (χ0) is 51.3. The van der Waals surface area contributed by atoms with E-state index in [-0.39, 0.29) is 53.5 Å². The van der Waals surface area contributed by atoms with Crippen LogP contribution in [0.1, 0.15) is 126 Å². The quantitative estimate of drug-likeness (QED) is 0.0935. The number of anilines is 2. The third-order valence-corrected chi connectivity index (χ3v) is 15.6. The first-order valence-corrected chi connectivity index (χ1v) is 25.7. The van der Waals surface area contributed by atoms with Crippen LogP contribution in [0.15, 0.2) is 48.5 Å². The van der Waals surface area contributed by atoms with Gasteiger partial charge in [0.15, 0.2) is 17.4 Å². The van der Waals surface area contributed by atoms with Crippen molar-refractivity contribution in [1.29, 1.82) is 0 Å². The molecule has 5 aromatic rings. The molecule has 6 atom stereocenters. The summed E-state index contributed by atoms with van der Waals surface area (Å²) in [5.74, 6) is -1.48. The fourth-order valence-electron chi connectivity index (χ4n) is 11.9. The first-order chi connectivity index (χ1) is 35.1. The maximum Gasteiger partial charge on any atom is 0.407 e. The number of aromatic nitrogens is 4. The van der Waals surface area contributed by atoms with Gasteiger partial charge >= 0.3 is 12.2 Å². The molecule has 3 aromatic carbocycles. The van der Waals surface area contributed by atoms with Gasteiger partial charge in [0.1, 0.15) is 29.4 Å². The number of hydrogen-bond acceptors (Lipinski definition) is 12. The molecule has 390 valence electrons. The van der Waals surface area contributed by atoms with Gasteiger partial charge in [-0.3, -0.25) is 9.59 Å². The third-order valence-electron chi connectivity index (χ3n) is 15.6. The number of methoxy groups -OCH3 is 2. The summed E-state index contributed by atoms with van der Waals surface area (Å²) in [5, 5.41) is 5.42. The van der Waals surface area contributed by atoms with E-state index >= 15 is 8.78 Å². The SMILES string of the molecule is COC(=O)N[C@H](C(=O)N1CCC[C@H]1c1nc2ccc([C@H]3CC[C@H](c4ccc5nc([C@@H]6CCCN6C(=O)[C@@H](NC(=O)OC)C(C)C)[nH]c5c4)N3c3cc(F)c(N4CCC5(CC4)OCCO5)c(F)c3)cc2[nH]1)C(C)C. The summed E-state index contributed by atoms with van der Waals surface area (Å²) in [6, 6.07) is 12.1. The highest BCUT2D eigenvalue weighted by atomic mass is 19.1. The number of imidazole rings is 2. The minimum absolute atomic E-state index is 0.0674. The molecule has 0 aliphatic carbocycles. The van der Waals surface area contributed by atoms with Crippen molar-refractivity contribution < 1.29 is 46.9 Å². The molecule has 5 aliphatic heterocycles. The summed E-state index contributed by atoms with van der Waals surface area (Å²) in [6.07, 6.45) is 3.91. The Morgan fingerprint density at radius 3 is 1.53 bits per heavy atom. The smallest absolute Gasteiger partial charge is 0.407 e. The Balaban J connectivity index is 0.966. The van der Waals surface area contributed by atoms with E-state index in [0.29, 0.717) is 106 Å². The Morgan fingerprint density at radius 2 is 1.11 bits per heavy atom. The molecule has 5 aliphatic rings. The number of amides is 4. The van der Waals surface area contributed by atoms with Crippen LogP contribution in [-0.2, 0) is 28.5 Å². The number of alkyl carbamates (subject to hydrolysis) is 2. The summed E-state index contributed by atoms with van der Waals surface area (Å²) >= 11 is 0. The van der Waals surface area contributed by atoms with E-state index in [1.165, 1.54) is 26.4 Å². The Morgan fingerprint density at radius 1 is 0.658 bits per heavy atom. The van der Waals surface area contributed by atoms with Crippen molar-refractivity contribution in [2.45, 2.75) is 121 Å². The molecule has 5 saturated heterocycles. The number of likely N-dealkylation sites (tertiary alicyclic amines) is 2. The van der Waals surface area contributed by atoms with E-state index in [0.717, 1.165) is 35.0 Å². The molecule has 73 heavy (non-hydrogen) atoms. The fourth-order valence-corrected chi connectivity index (χ4v) is 11.9. The van der Waals surface area contributed by atoms with Crippen molar-refractivity contribution in [3.8, 4) is 0 Å². The number of ether oxygens (including phenoxy) is 4. The molecule has 20 heteroatoms. The molecule has 0 unspecified atom stereocenters. The Bertz CT molecular complexity index is 2710. The molecule has 18 nitrogen and oxygen atoms in total. The number of nitrogens with zero attached hydrogens (tertiary/aromatic N) is 6. The largest absolute Gasteiger partial charge is 0.453 e. The van der Waals surface area contributed by atoms with E-state index in [1.54, 1.807) is 14.7 Å². The predicted octanol–water partition coefficient (Wildman–Crippen LogP) is 8.23. The number of aromatic amines is 2. The average molecular weight is 1010 g/mol. The van der Waals surface area contributed by atoms with Crippen molar-refractivity contribution in [3.63, 3.8) is 0 Å². The van der Waals surface area contributed by atoms with Gasteiger partial charge in [-0.25, -0.2) is 28.3 Å². The lowest BCUT2D eigenvalue weighted by atomic mass is 10.0. The molecule has 0 bridgehead atoms. The van der Waals surface area contributed by atoms with Crippen LogP contribution in [0.3, 0.4) is 0 Å². The lowest BCUT2D eigenvalue weighted by Gasteiger charge is -2.39. The van der Waals surface area contributed by atoms with Gasteiger partial charge in [-0.15, -0.1) is 0 Å². The summed E-state index contributed by atoms with van der Waals surface area (Å²) in [5.41, 5.74) is 5.14. The van der Waals surface area contributed by atoms with Crippen LogP contribution in [-0.4, -0.2) is 125 Å². The maximum absolute atomic E-state index is 16.7. The lowest BCUT2D eigenvalue weighted by molar-refractivity contribution is -0.169. The number of carbonyl (C=O) groups excluding carboxylic acids is 4. The van der Waals surface area contributed by atoms with E-state index in [1.807, 2.05) is 64.1 Å². The topological polar surface area (TPSA) is 200 Å². The number of H-pyrrole nitrogens is 2. The number of benzene rings is 3. The molecule has 2 aromatic heterocycles. The van der Waals surface area contributed by atoms with Crippen LogP contribution in [0, 0.1) is 23.5 Å². The predicted molar refractivity (Wildman–Crippen MR) is 268 cm³/mol. The molecule has 4 amide bonds. The number of piperidine rings is 1. The Hall–Kier alpha value is -6.54. The standard InChI is InChI=1S/C53H66F2N10O8/c1-29(2)44(60-51(68)70-5)49(66)63-19-7-9-42(63)47-56-36-13-11-31(25-38(36)58-47)40-15-16-41(65(40)33-27-34(54)46(35(55)28-33)62-21-17-53(18-22-62)72-23-24-73-53)32-12-14-37-39(26-32)59-48(57-37)43-10-8-20-64(43)50(67)45(30(3)4)61-52(69)71-6/h11-14,25-30,40-45H,7-10,15-24H2,1-6H3,(H,56,58)(H,57,59)(H,60,68)(H,61,69)/t40-,41-,42+,43+,44+,45+/m1/s1. The second kappa shape index (κ2) is 20.4. The number of hydrogen-bond donors (Lipinski definition) is 4. The molecule has 1 spiro atoms. The van der Waals surface area contributed by atoms with Gasteiger partial charge in [-0.05, 0) is 97.9 Å². The first kappa shape index (κ1) is 50.0. The van der Waals surface area contributed by atoms with Gasteiger partial charge in [-0.2, -0.15) is 0 Å². The number of fused-ring (bicyclic) bond motifs is 2.